The average molecular weight is 251 g/mol. The quantitative estimate of drug-likeness (QED) is 0.322. The van der Waals surface area contributed by atoms with Gasteiger partial charge < -0.3 is 25.4 Å². The molecule has 1 heterocycles. The highest BCUT2D eigenvalue weighted by molar-refractivity contribution is 5.73. The van der Waals surface area contributed by atoms with Crippen LogP contribution >= 0.6 is 0 Å². The first kappa shape index (κ1) is 14.3. The first-order valence-corrected chi connectivity index (χ1v) is 5.09. The highest BCUT2D eigenvalue weighted by Crippen LogP contribution is 2.20. The number of carbonyl (C=O) groups excluding carboxylic acids is 1. The van der Waals surface area contributed by atoms with Gasteiger partial charge in [-0.1, -0.05) is 0 Å². The van der Waals surface area contributed by atoms with Crippen molar-refractivity contribution in [2.45, 2.75) is 37.6 Å². The summed E-state index contributed by atoms with van der Waals surface area (Å²) < 4.78 is 5.01. The molecule has 0 aromatic carbocycles. The van der Waals surface area contributed by atoms with Crippen molar-refractivity contribution in [2.24, 2.45) is 0 Å². The maximum Gasteiger partial charge on any atom is 0.217 e. The molecule has 0 bridgehead atoms. The number of hydrogen-bond donors (Lipinski definition) is 4. The SMILES string of the molecule is COOC[C@H]1OC(O)[C@@H](NC(C)=O)[C@@H](O)[C@@H]1O. The molecule has 0 aromatic rings. The van der Waals surface area contributed by atoms with Gasteiger partial charge in [-0.05, 0) is 0 Å². The van der Waals surface area contributed by atoms with E-state index in [0.717, 1.165) is 0 Å². The number of carbonyl (C=O) groups is 1. The normalized spacial score (nSPS) is 37.8. The Bertz CT molecular complexity index is 262. The predicted octanol–water partition coefficient (Wildman–Crippen LogP) is -2.49. The number of aliphatic hydroxyl groups is 3. The zero-order valence-electron chi connectivity index (χ0n) is 9.57. The van der Waals surface area contributed by atoms with Gasteiger partial charge in [0.05, 0.1) is 7.11 Å². The number of aliphatic hydroxyl groups excluding tert-OH is 3. The summed E-state index contributed by atoms with van der Waals surface area (Å²) in [6.07, 6.45) is -5.02. The summed E-state index contributed by atoms with van der Waals surface area (Å²) in [6, 6.07) is -1.08. The largest absolute Gasteiger partial charge is 0.388 e. The van der Waals surface area contributed by atoms with Crippen molar-refractivity contribution >= 4 is 5.91 Å². The van der Waals surface area contributed by atoms with E-state index in [0.29, 0.717) is 0 Å². The van der Waals surface area contributed by atoms with Crippen molar-refractivity contribution < 1.29 is 34.6 Å². The van der Waals surface area contributed by atoms with Crippen molar-refractivity contribution in [1.29, 1.82) is 0 Å². The molecule has 100 valence electrons. The molecule has 0 radical (unpaired) electrons. The van der Waals surface area contributed by atoms with E-state index in [1.165, 1.54) is 14.0 Å². The summed E-state index contributed by atoms with van der Waals surface area (Å²) in [4.78, 5) is 19.7. The number of amides is 1. The Labute approximate surface area is 98.0 Å². The van der Waals surface area contributed by atoms with E-state index in [-0.39, 0.29) is 6.61 Å². The molecule has 1 rings (SSSR count). The highest BCUT2D eigenvalue weighted by Gasteiger charge is 2.44. The second-order valence-corrected chi connectivity index (χ2v) is 3.72. The van der Waals surface area contributed by atoms with E-state index in [4.69, 9.17) is 4.74 Å². The Hall–Kier alpha value is -0.770. The Morgan fingerprint density at radius 1 is 1.35 bits per heavy atom. The fraction of sp³-hybridized carbons (Fsp3) is 0.889. The molecule has 1 amide bonds. The van der Waals surface area contributed by atoms with Crippen LogP contribution in [0, 0.1) is 0 Å². The monoisotopic (exact) mass is 251 g/mol. The maximum absolute atomic E-state index is 10.8. The van der Waals surface area contributed by atoms with Crippen LogP contribution < -0.4 is 5.32 Å². The molecule has 8 nitrogen and oxygen atoms in total. The molecule has 0 saturated carbocycles. The molecule has 0 spiro atoms. The second-order valence-electron chi connectivity index (χ2n) is 3.72. The van der Waals surface area contributed by atoms with Crippen LogP contribution in [0.4, 0.5) is 0 Å². The fourth-order valence-corrected chi connectivity index (χ4v) is 1.61. The molecule has 8 heteroatoms. The lowest BCUT2D eigenvalue weighted by Crippen LogP contribution is -2.64. The topological polar surface area (TPSA) is 117 Å². The minimum atomic E-state index is -1.43. The molecule has 1 fully saturated rings. The Morgan fingerprint density at radius 3 is 2.53 bits per heavy atom. The van der Waals surface area contributed by atoms with Gasteiger partial charge in [0.25, 0.3) is 0 Å². The number of nitrogens with one attached hydrogen (secondary N) is 1. The first-order chi connectivity index (χ1) is 7.97. The average Bonchev–Trinajstić information content (AvgIpc) is 2.27. The van der Waals surface area contributed by atoms with Crippen molar-refractivity contribution in [3.8, 4) is 0 Å². The van der Waals surface area contributed by atoms with Crippen LogP contribution in [0.5, 0.6) is 0 Å². The van der Waals surface area contributed by atoms with Crippen molar-refractivity contribution in [3.05, 3.63) is 0 Å². The minimum Gasteiger partial charge on any atom is -0.388 e. The van der Waals surface area contributed by atoms with Gasteiger partial charge in [-0.3, -0.25) is 4.79 Å². The van der Waals surface area contributed by atoms with Gasteiger partial charge in [0, 0.05) is 6.92 Å². The first-order valence-electron chi connectivity index (χ1n) is 5.09. The lowest BCUT2D eigenvalue weighted by atomic mass is 9.97. The van der Waals surface area contributed by atoms with Crippen LogP contribution in [0.25, 0.3) is 0 Å². The van der Waals surface area contributed by atoms with Crippen LogP contribution in [-0.4, -0.2) is 65.6 Å². The summed E-state index contributed by atoms with van der Waals surface area (Å²) in [5.74, 6) is -0.449. The lowest BCUT2D eigenvalue weighted by Gasteiger charge is -2.40. The molecule has 5 atom stereocenters. The van der Waals surface area contributed by atoms with Crippen molar-refractivity contribution in [3.63, 3.8) is 0 Å². The smallest absolute Gasteiger partial charge is 0.217 e. The molecule has 1 aliphatic heterocycles. The van der Waals surface area contributed by atoms with Gasteiger partial charge >= 0.3 is 0 Å². The summed E-state index contributed by atoms with van der Waals surface area (Å²) in [5, 5.41) is 31.3. The third-order valence-corrected chi connectivity index (χ3v) is 2.44. The molecule has 17 heavy (non-hydrogen) atoms. The van der Waals surface area contributed by atoms with Crippen LogP contribution in [-0.2, 0) is 19.3 Å². The Morgan fingerprint density at radius 2 is 2.00 bits per heavy atom. The standard InChI is InChI=1S/C9H17NO7/c1-4(11)10-6-8(13)7(12)5(3-16-15-2)17-9(6)14/h5-9,12-14H,3H2,1-2H3,(H,10,11)/t5-,6+,7-,8-,9?/m1/s1. The van der Waals surface area contributed by atoms with Crippen LogP contribution in [0.15, 0.2) is 0 Å². The molecule has 1 saturated heterocycles. The molecular weight excluding hydrogens is 234 g/mol. The van der Waals surface area contributed by atoms with E-state index in [1.54, 1.807) is 0 Å². The Balaban J connectivity index is 2.62. The number of ether oxygens (including phenoxy) is 1. The van der Waals surface area contributed by atoms with Gasteiger partial charge in [0.15, 0.2) is 6.29 Å². The third kappa shape index (κ3) is 3.60. The van der Waals surface area contributed by atoms with Gasteiger partial charge in [0.1, 0.15) is 31.0 Å². The van der Waals surface area contributed by atoms with Gasteiger partial charge in [-0.15, -0.1) is 0 Å². The molecule has 0 aliphatic carbocycles. The van der Waals surface area contributed by atoms with Gasteiger partial charge in [-0.25, -0.2) is 9.78 Å². The molecule has 0 aromatic heterocycles. The summed E-state index contributed by atoms with van der Waals surface area (Å²) >= 11 is 0. The lowest BCUT2D eigenvalue weighted by molar-refractivity contribution is -0.321. The van der Waals surface area contributed by atoms with E-state index in [2.05, 4.69) is 15.1 Å². The summed E-state index contributed by atoms with van der Waals surface area (Å²) in [6.45, 7) is 1.07. The summed E-state index contributed by atoms with van der Waals surface area (Å²) in [7, 11) is 1.28. The predicted molar refractivity (Wildman–Crippen MR) is 53.5 cm³/mol. The summed E-state index contributed by atoms with van der Waals surface area (Å²) in [5.41, 5.74) is 0. The van der Waals surface area contributed by atoms with E-state index in [1.807, 2.05) is 0 Å². The van der Waals surface area contributed by atoms with E-state index >= 15 is 0 Å². The number of hydrogen-bond acceptors (Lipinski definition) is 7. The van der Waals surface area contributed by atoms with Crippen LogP contribution in [0.2, 0.25) is 0 Å². The highest BCUT2D eigenvalue weighted by atomic mass is 17.2. The molecular formula is C9H17NO7. The van der Waals surface area contributed by atoms with E-state index in [9.17, 15) is 20.1 Å². The van der Waals surface area contributed by atoms with Gasteiger partial charge in [-0.2, -0.15) is 0 Å². The van der Waals surface area contributed by atoms with Crippen molar-refractivity contribution in [1.82, 2.24) is 5.32 Å². The van der Waals surface area contributed by atoms with Crippen LogP contribution in [0.1, 0.15) is 6.92 Å². The molecule has 1 unspecified atom stereocenters. The zero-order chi connectivity index (χ0) is 13.0. The van der Waals surface area contributed by atoms with Crippen LogP contribution in [0.3, 0.4) is 0 Å². The minimum absolute atomic E-state index is 0.154. The molecule has 1 aliphatic rings. The second kappa shape index (κ2) is 6.24. The van der Waals surface area contributed by atoms with E-state index < -0.39 is 36.6 Å². The Kier molecular flexibility index (Phi) is 5.25. The fourth-order valence-electron chi connectivity index (χ4n) is 1.61. The van der Waals surface area contributed by atoms with Crippen molar-refractivity contribution in [2.75, 3.05) is 13.7 Å². The number of rotatable bonds is 4. The third-order valence-electron chi connectivity index (χ3n) is 2.44. The molecule has 4 N–H and O–H groups in total. The maximum atomic E-state index is 10.8. The zero-order valence-corrected chi connectivity index (χ0v) is 9.57. The van der Waals surface area contributed by atoms with Gasteiger partial charge in [0.2, 0.25) is 5.91 Å².